The molecule has 0 saturated carbocycles. The molecule has 0 saturated heterocycles. The SMILES string of the molecule is CC(CCCN(CCCNC(=O)c1cccc(=O)n1O)C(=O)c1cccc(=O)n1O)N(CCCNC(=O)c1cccc(=O)n1O)C(=O)c1cccc(=O)n1O.CC(CCN(CCCCN(CCCNC(=O)c1cccc(=O)n1O)C(=O)c1cccc(=O)n1O)C(=O)c1cccc(=O)n1O)NC(=O)c1cccc(=O)n1O. The highest BCUT2D eigenvalue weighted by molar-refractivity contribution is 5.96. The molecule has 0 fully saturated rings. The maximum atomic E-state index is 13.7. The Bertz CT molecular complexity index is 5190. The lowest BCUT2D eigenvalue weighted by Crippen LogP contribution is -2.43. The third-order valence-electron chi connectivity index (χ3n) is 16.9. The number of hydrogen-bond acceptors (Lipinski definition) is 24. The highest BCUT2D eigenvalue weighted by Crippen LogP contribution is 2.16. The van der Waals surface area contributed by atoms with Gasteiger partial charge in [-0.3, -0.25) is 76.7 Å². The van der Waals surface area contributed by atoms with E-state index in [0.717, 1.165) is 48.5 Å². The molecule has 8 heterocycles. The normalized spacial score (nSPS) is 11.4. The zero-order valence-electron chi connectivity index (χ0n) is 59.2. The van der Waals surface area contributed by atoms with Gasteiger partial charge in [0.1, 0.15) is 45.6 Å². The standard InChI is InChI=1S/2C35H40N8O12/c1-23(39(35(51)27-13-5-17-31(47)43(27)55)22-8-19-37-33(49)25-11-3-15-29(45)41(25)53)9-6-20-38(34(50)26-12-4-16-30(46)42(26)54)21-7-18-36-32(48)24-10-2-14-28(44)40(24)52;1-23(37-33(49)25-10-5-14-29(45)41(25)53)17-22-39(35(51)27-12-7-16-31(47)43(27)55)20-3-2-19-38(34(50)26-11-6-15-30(46)42(26)54)21-8-18-36-32(48)24-9-4-13-28(44)40(24)52/h2-5,10-17,23,52-55H,6-9,18-22H2,1H3,(H,36,48)(H,37,49);4-7,9-16,23,52-55H,2-3,8,17-22H2,1H3,(H,36,48)(H,37,49). The molecule has 40 heteroatoms. The van der Waals surface area contributed by atoms with Crippen LogP contribution in [0.5, 0.6) is 0 Å². The molecule has 0 bridgehead atoms. The Morgan fingerprint density at radius 2 is 0.527 bits per heavy atom. The summed E-state index contributed by atoms with van der Waals surface area (Å²) in [6.07, 6.45) is 1.71. The van der Waals surface area contributed by atoms with Gasteiger partial charge in [-0.1, -0.05) is 48.5 Å². The van der Waals surface area contributed by atoms with E-state index < -0.39 is 104 Å². The van der Waals surface area contributed by atoms with Gasteiger partial charge in [-0.05, 0) is 114 Å². The molecule has 584 valence electrons. The van der Waals surface area contributed by atoms with Crippen molar-refractivity contribution < 1.29 is 80.0 Å². The van der Waals surface area contributed by atoms with Crippen molar-refractivity contribution in [1.82, 2.24) is 78.7 Å². The first-order valence-electron chi connectivity index (χ1n) is 34.1. The van der Waals surface area contributed by atoms with Gasteiger partial charge in [0.2, 0.25) is 0 Å². The highest BCUT2D eigenvalue weighted by Gasteiger charge is 2.28. The fraction of sp³-hybridized carbons (Fsp3) is 0.314. The predicted molar refractivity (Wildman–Crippen MR) is 382 cm³/mol. The van der Waals surface area contributed by atoms with Crippen LogP contribution < -0.4 is 65.7 Å². The Labute approximate surface area is 620 Å². The second-order valence-electron chi connectivity index (χ2n) is 24.6. The number of rotatable bonds is 34. The van der Waals surface area contributed by atoms with Gasteiger partial charge in [-0.25, -0.2) is 0 Å². The largest absolute Gasteiger partial charge is 0.425 e. The molecular formula is C70H80N16O24. The van der Waals surface area contributed by atoms with Gasteiger partial charge in [0.15, 0.2) is 0 Å². The van der Waals surface area contributed by atoms with Crippen LogP contribution in [0.1, 0.15) is 149 Å². The first kappa shape index (κ1) is 83.0. The number of nitrogens with one attached hydrogen (secondary N) is 4. The number of aromatic nitrogens is 8. The molecule has 0 aliphatic carbocycles. The molecule has 0 aliphatic rings. The molecule has 8 aromatic rings. The van der Waals surface area contributed by atoms with Gasteiger partial charge >= 0.3 is 0 Å². The molecule has 0 aliphatic heterocycles. The van der Waals surface area contributed by atoms with Crippen molar-refractivity contribution in [1.29, 1.82) is 0 Å². The van der Waals surface area contributed by atoms with Crippen LogP contribution in [-0.2, 0) is 0 Å². The zero-order valence-corrected chi connectivity index (χ0v) is 59.2. The van der Waals surface area contributed by atoms with E-state index in [2.05, 4.69) is 21.3 Å². The molecule has 8 rings (SSSR count). The average Bonchev–Trinajstić information content (AvgIpc) is 0.846. The number of carbonyl (C=O) groups is 8. The smallest absolute Gasteiger partial charge is 0.283 e. The molecule has 2 unspecified atom stereocenters. The average molecular weight is 1530 g/mol. The minimum Gasteiger partial charge on any atom is -0.425 e. The summed E-state index contributed by atoms with van der Waals surface area (Å²) in [6, 6.07) is 27.8. The van der Waals surface area contributed by atoms with Crippen molar-refractivity contribution in [3.8, 4) is 0 Å². The van der Waals surface area contributed by atoms with Gasteiger partial charge in [0, 0.05) is 126 Å². The number of nitrogens with zero attached hydrogens (tertiary/aromatic N) is 12. The van der Waals surface area contributed by atoms with E-state index in [-0.39, 0.29) is 200 Å². The van der Waals surface area contributed by atoms with Crippen LogP contribution in [0, 0.1) is 0 Å². The lowest BCUT2D eigenvalue weighted by atomic mass is 10.1. The highest BCUT2D eigenvalue weighted by atomic mass is 16.5. The molecule has 110 heavy (non-hydrogen) atoms. The van der Waals surface area contributed by atoms with E-state index in [9.17, 15) is 118 Å². The number of hydrogen-bond donors (Lipinski definition) is 12. The van der Waals surface area contributed by atoms with E-state index in [1.165, 1.54) is 117 Å². The molecule has 8 amide bonds. The van der Waals surface area contributed by atoms with E-state index in [1.54, 1.807) is 13.8 Å². The summed E-state index contributed by atoms with van der Waals surface area (Å²) >= 11 is 0. The zero-order chi connectivity index (χ0) is 80.5. The third kappa shape index (κ3) is 21.7. The van der Waals surface area contributed by atoms with Gasteiger partial charge in [-0.2, -0.15) is 0 Å². The minimum atomic E-state index is -0.841. The van der Waals surface area contributed by atoms with Crippen LogP contribution >= 0.6 is 0 Å². The Kier molecular flexibility index (Phi) is 29.6. The summed E-state index contributed by atoms with van der Waals surface area (Å²) in [5, 5.41) is 90.9. The maximum absolute atomic E-state index is 13.7. The van der Waals surface area contributed by atoms with Crippen LogP contribution in [0.4, 0.5) is 0 Å². The summed E-state index contributed by atoms with van der Waals surface area (Å²) in [7, 11) is 0. The van der Waals surface area contributed by atoms with Crippen molar-refractivity contribution in [2.75, 3.05) is 65.4 Å². The number of amides is 8. The molecule has 2 atom stereocenters. The van der Waals surface area contributed by atoms with E-state index in [4.69, 9.17) is 0 Å². The minimum absolute atomic E-state index is 0.00147. The Morgan fingerprint density at radius 1 is 0.291 bits per heavy atom. The number of unbranched alkanes of at least 4 members (excludes halogenated alkanes) is 1. The van der Waals surface area contributed by atoms with Crippen molar-refractivity contribution in [3.05, 3.63) is 274 Å². The predicted octanol–water partition coefficient (Wildman–Crippen LogP) is -0.648. The van der Waals surface area contributed by atoms with Gasteiger partial charge < -0.3 is 82.5 Å². The fourth-order valence-electron chi connectivity index (χ4n) is 11.0. The topological polar surface area (TPSA) is 535 Å². The fourth-order valence-corrected chi connectivity index (χ4v) is 11.0. The molecule has 0 radical (unpaired) electrons. The molecule has 0 spiro atoms. The van der Waals surface area contributed by atoms with Crippen molar-refractivity contribution in [3.63, 3.8) is 0 Å². The van der Waals surface area contributed by atoms with Crippen LogP contribution in [0.2, 0.25) is 0 Å². The molecule has 40 nitrogen and oxygen atoms in total. The van der Waals surface area contributed by atoms with Crippen molar-refractivity contribution in [2.24, 2.45) is 0 Å². The van der Waals surface area contributed by atoms with Crippen LogP contribution in [0.15, 0.2) is 184 Å². The van der Waals surface area contributed by atoms with E-state index >= 15 is 0 Å². The second-order valence-corrected chi connectivity index (χ2v) is 24.6. The van der Waals surface area contributed by atoms with Crippen LogP contribution in [-0.4, -0.2) is 224 Å². The van der Waals surface area contributed by atoms with Crippen molar-refractivity contribution in [2.45, 2.75) is 77.3 Å². The molecule has 12 N–H and O–H groups in total. The monoisotopic (exact) mass is 1530 g/mol. The van der Waals surface area contributed by atoms with Gasteiger partial charge in [0.25, 0.3) is 91.7 Å². The summed E-state index contributed by atoms with van der Waals surface area (Å²) in [4.78, 5) is 205. The number of pyridine rings is 8. The molecule has 0 aromatic carbocycles. The Hall–Kier alpha value is -14.2. The lowest BCUT2D eigenvalue weighted by molar-refractivity contribution is 0.0599. The van der Waals surface area contributed by atoms with Crippen molar-refractivity contribution >= 4 is 47.3 Å². The first-order valence-corrected chi connectivity index (χ1v) is 34.1. The lowest BCUT2D eigenvalue weighted by Gasteiger charge is -2.31. The summed E-state index contributed by atoms with van der Waals surface area (Å²) < 4.78 is 1.64. The summed E-state index contributed by atoms with van der Waals surface area (Å²) in [5.74, 6) is -5.84. The maximum Gasteiger partial charge on any atom is 0.283 e. The Morgan fingerprint density at radius 3 is 0.836 bits per heavy atom. The first-order chi connectivity index (χ1) is 52.4. The van der Waals surface area contributed by atoms with E-state index in [0.29, 0.717) is 0 Å². The van der Waals surface area contributed by atoms with Crippen LogP contribution in [0.25, 0.3) is 0 Å². The Balaban J connectivity index is 0.000000306. The summed E-state index contributed by atoms with van der Waals surface area (Å²) in [5.41, 5.74) is -9.08. The van der Waals surface area contributed by atoms with Gasteiger partial charge in [0.05, 0.1) is 0 Å². The quantitative estimate of drug-likeness (QED) is 0.0176. The third-order valence-corrected chi connectivity index (χ3v) is 16.9. The molecule has 8 aromatic heterocycles. The van der Waals surface area contributed by atoms with E-state index in [1.807, 2.05) is 0 Å². The summed E-state index contributed by atoms with van der Waals surface area (Å²) in [6.45, 7) is 3.53. The second kappa shape index (κ2) is 39.2. The van der Waals surface area contributed by atoms with Gasteiger partial charge in [-0.15, -0.1) is 37.8 Å². The van der Waals surface area contributed by atoms with Crippen LogP contribution in [0.3, 0.4) is 0 Å². The number of carbonyl (C=O) groups excluding carboxylic acids is 8. The molecular weight excluding hydrogens is 1450 g/mol.